The Morgan fingerprint density at radius 3 is 2.72 bits per heavy atom. The number of hydrogen-bond acceptors (Lipinski definition) is 5. The largest absolute Gasteiger partial charge is 0.356 e. The first-order valence-corrected chi connectivity index (χ1v) is 9.38. The molecule has 29 heavy (non-hydrogen) atoms. The van der Waals surface area contributed by atoms with Crippen molar-refractivity contribution in [3.63, 3.8) is 0 Å². The van der Waals surface area contributed by atoms with Crippen molar-refractivity contribution in [3.05, 3.63) is 52.1 Å². The summed E-state index contributed by atoms with van der Waals surface area (Å²) in [6.07, 6.45) is 0.583. The lowest BCUT2D eigenvalue weighted by Gasteiger charge is -2.11. The van der Waals surface area contributed by atoms with Crippen LogP contribution in [0.3, 0.4) is 0 Å². The smallest absolute Gasteiger partial charge is 0.228 e. The minimum atomic E-state index is 0. The summed E-state index contributed by atoms with van der Waals surface area (Å²) in [5.74, 6) is 1.79. The summed E-state index contributed by atoms with van der Waals surface area (Å²) in [5.41, 5.74) is 4.16. The number of nitrogens with one attached hydrogen (secondary N) is 2. The molecular weight excluding hydrogens is 505 g/mol. The van der Waals surface area contributed by atoms with E-state index in [9.17, 15) is 0 Å². The molecule has 0 spiro atoms. The Morgan fingerprint density at radius 1 is 1.28 bits per heavy atom. The molecule has 0 aliphatic heterocycles. The minimum Gasteiger partial charge on any atom is -0.356 e. The molecule has 0 fully saturated rings. The van der Waals surface area contributed by atoms with Gasteiger partial charge in [0.1, 0.15) is 0 Å². The van der Waals surface area contributed by atoms with Gasteiger partial charge in [0.15, 0.2) is 5.96 Å². The fraction of sp³-hybridized carbons (Fsp3) is 0.368. The van der Waals surface area contributed by atoms with Crippen molar-refractivity contribution in [2.45, 2.75) is 26.8 Å². The number of hydrogen-bond donors (Lipinski definition) is 2. The zero-order valence-electron chi connectivity index (χ0n) is 16.9. The molecule has 0 bridgehead atoms. The van der Waals surface area contributed by atoms with Crippen molar-refractivity contribution in [1.82, 2.24) is 30.6 Å². The van der Waals surface area contributed by atoms with Crippen molar-refractivity contribution in [3.8, 4) is 11.4 Å². The van der Waals surface area contributed by atoms with Gasteiger partial charge in [-0.25, -0.2) is 0 Å². The lowest BCUT2D eigenvalue weighted by Crippen LogP contribution is -2.38. The molecule has 0 aliphatic rings. The van der Waals surface area contributed by atoms with E-state index in [1.807, 2.05) is 42.9 Å². The molecular formula is C19H25ClIN7O. The Kier molecular flexibility index (Phi) is 8.45. The third kappa shape index (κ3) is 5.92. The molecule has 8 nitrogen and oxygen atoms in total. The van der Waals surface area contributed by atoms with Crippen LogP contribution in [0.25, 0.3) is 11.4 Å². The van der Waals surface area contributed by atoms with E-state index >= 15 is 0 Å². The van der Waals surface area contributed by atoms with E-state index in [1.54, 1.807) is 7.05 Å². The molecule has 3 aromatic rings. The van der Waals surface area contributed by atoms with E-state index in [4.69, 9.17) is 16.1 Å². The van der Waals surface area contributed by atoms with Gasteiger partial charge in [0.2, 0.25) is 11.7 Å². The molecule has 0 aliphatic carbocycles. The molecule has 3 rings (SSSR count). The van der Waals surface area contributed by atoms with Crippen molar-refractivity contribution >= 4 is 41.5 Å². The summed E-state index contributed by atoms with van der Waals surface area (Å²) in [6.45, 7) is 5.33. The van der Waals surface area contributed by atoms with Crippen LogP contribution in [0, 0.1) is 13.8 Å². The van der Waals surface area contributed by atoms with Crippen LogP contribution in [-0.4, -0.2) is 39.5 Å². The van der Waals surface area contributed by atoms with Crippen molar-refractivity contribution in [2.75, 3.05) is 13.6 Å². The summed E-state index contributed by atoms with van der Waals surface area (Å²) in [5, 5.41) is 15.6. The second-order valence-corrected chi connectivity index (χ2v) is 6.83. The molecule has 0 amide bonds. The fourth-order valence-electron chi connectivity index (χ4n) is 2.86. The van der Waals surface area contributed by atoms with Crippen molar-refractivity contribution in [2.24, 2.45) is 12.0 Å². The van der Waals surface area contributed by atoms with Gasteiger partial charge in [-0.2, -0.15) is 10.1 Å². The van der Waals surface area contributed by atoms with Gasteiger partial charge in [-0.3, -0.25) is 9.67 Å². The van der Waals surface area contributed by atoms with Crippen LogP contribution in [0.5, 0.6) is 0 Å². The Hall–Kier alpha value is -2.14. The van der Waals surface area contributed by atoms with Gasteiger partial charge in [-0.1, -0.05) is 28.9 Å². The predicted octanol–water partition coefficient (Wildman–Crippen LogP) is 3.27. The molecule has 10 heteroatoms. The maximum atomic E-state index is 6.01. The Morgan fingerprint density at radius 2 is 2.07 bits per heavy atom. The van der Waals surface area contributed by atoms with Crippen LogP contribution in [0.15, 0.2) is 33.8 Å². The quantitative estimate of drug-likeness (QED) is 0.289. The van der Waals surface area contributed by atoms with E-state index in [0.29, 0.717) is 42.2 Å². The lowest BCUT2D eigenvalue weighted by molar-refractivity contribution is 0.378. The Labute approximate surface area is 192 Å². The second kappa shape index (κ2) is 10.6. The van der Waals surface area contributed by atoms with Crippen LogP contribution in [0.2, 0.25) is 5.02 Å². The van der Waals surface area contributed by atoms with Gasteiger partial charge in [0.05, 0.1) is 5.69 Å². The summed E-state index contributed by atoms with van der Waals surface area (Å²) in [7, 11) is 3.68. The minimum absolute atomic E-state index is 0. The van der Waals surface area contributed by atoms with Crippen molar-refractivity contribution in [1.29, 1.82) is 0 Å². The number of halogens is 2. The number of benzene rings is 1. The highest BCUT2D eigenvalue weighted by atomic mass is 127. The standard InChI is InChI=1S/C19H24ClN7O.HI/c1-12-16(13(2)27(4)25-12)11-23-19(21-3)22-9-8-17-24-18(26-28-17)14-6-5-7-15(20)10-14;/h5-7,10H,8-9,11H2,1-4H3,(H2,21,22,23);1H. The monoisotopic (exact) mass is 529 g/mol. The van der Waals surface area contributed by atoms with Gasteiger partial charge in [0.25, 0.3) is 0 Å². The summed E-state index contributed by atoms with van der Waals surface area (Å²) in [4.78, 5) is 8.66. The number of rotatable bonds is 6. The first-order valence-electron chi connectivity index (χ1n) is 9.00. The van der Waals surface area contributed by atoms with Crippen LogP contribution >= 0.6 is 35.6 Å². The van der Waals surface area contributed by atoms with Gasteiger partial charge in [-0.05, 0) is 26.0 Å². The fourth-order valence-corrected chi connectivity index (χ4v) is 3.05. The molecule has 2 N–H and O–H groups in total. The van der Waals surface area contributed by atoms with Crippen LogP contribution in [0.4, 0.5) is 0 Å². The third-order valence-corrected chi connectivity index (χ3v) is 4.73. The second-order valence-electron chi connectivity index (χ2n) is 6.40. The summed E-state index contributed by atoms with van der Waals surface area (Å²) < 4.78 is 7.21. The number of aliphatic imine (C=N–C) groups is 1. The van der Waals surface area contributed by atoms with E-state index in [2.05, 4.69) is 37.8 Å². The van der Waals surface area contributed by atoms with Crippen LogP contribution < -0.4 is 10.6 Å². The van der Waals surface area contributed by atoms with Gasteiger partial charge < -0.3 is 15.2 Å². The maximum absolute atomic E-state index is 6.01. The highest BCUT2D eigenvalue weighted by molar-refractivity contribution is 14.0. The number of aromatic nitrogens is 4. The Balaban J connectivity index is 0.00000300. The molecule has 0 radical (unpaired) electrons. The van der Waals surface area contributed by atoms with Crippen molar-refractivity contribution < 1.29 is 4.52 Å². The average molecular weight is 530 g/mol. The van der Waals surface area contributed by atoms with Gasteiger partial charge >= 0.3 is 0 Å². The normalized spacial score (nSPS) is 11.3. The molecule has 156 valence electrons. The third-order valence-electron chi connectivity index (χ3n) is 4.50. The van der Waals surface area contributed by atoms with Crippen LogP contribution in [-0.2, 0) is 20.0 Å². The van der Waals surface area contributed by atoms with E-state index in [1.165, 1.54) is 5.56 Å². The first kappa shape index (κ1) is 23.1. The molecule has 1 aromatic carbocycles. The molecule has 0 unspecified atom stereocenters. The molecule has 2 aromatic heterocycles. The zero-order valence-corrected chi connectivity index (χ0v) is 19.9. The molecule has 0 saturated carbocycles. The van der Waals surface area contributed by atoms with E-state index < -0.39 is 0 Å². The van der Waals surface area contributed by atoms with Gasteiger partial charge in [0, 0.05) is 55.4 Å². The topological polar surface area (TPSA) is 93.2 Å². The summed E-state index contributed by atoms with van der Waals surface area (Å²) >= 11 is 6.01. The average Bonchev–Trinajstić information content (AvgIpc) is 3.24. The van der Waals surface area contributed by atoms with E-state index in [0.717, 1.165) is 17.0 Å². The zero-order chi connectivity index (χ0) is 20.1. The SMILES string of the molecule is CN=C(NCCc1nc(-c2cccc(Cl)c2)no1)NCc1c(C)nn(C)c1C.I. The van der Waals surface area contributed by atoms with Crippen LogP contribution in [0.1, 0.15) is 22.8 Å². The number of guanidine groups is 1. The lowest BCUT2D eigenvalue weighted by atomic mass is 10.2. The van der Waals surface area contributed by atoms with Gasteiger partial charge in [-0.15, -0.1) is 24.0 Å². The Bertz CT molecular complexity index is 983. The first-order chi connectivity index (χ1) is 13.5. The number of aryl methyl sites for hydroxylation is 2. The predicted molar refractivity (Wildman–Crippen MR) is 125 cm³/mol. The summed E-state index contributed by atoms with van der Waals surface area (Å²) in [6, 6.07) is 7.37. The molecule has 0 saturated heterocycles. The maximum Gasteiger partial charge on any atom is 0.228 e. The number of nitrogens with zero attached hydrogens (tertiary/aromatic N) is 5. The highest BCUT2D eigenvalue weighted by Gasteiger charge is 2.11. The van der Waals surface area contributed by atoms with E-state index in [-0.39, 0.29) is 24.0 Å². The molecule has 0 atom stereocenters. The molecule has 2 heterocycles. The highest BCUT2D eigenvalue weighted by Crippen LogP contribution is 2.19.